The zero-order valence-electron chi connectivity index (χ0n) is 13.8. The van der Waals surface area contributed by atoms with Gasteiger partial charge in [0.25, 0.3) is 0 Å². The van der Waals surface area contributed by atoms with Crippen LogP contribution in [0.25, 0.3) is 0 Å². The van der Waals surface area contributed by atoms with Gasteiger partial charge in [-0.05, 0) is 6.07 Å². The van der Waals surface area contributed by atoms with E-state index in [2.05, 4.69) is 15.7 Å². The number of ether oxygens (including phenoxy) is 2. The van der Waals surface area contributed by atoms with Crippen LogP contribution < -0.4 is 4.74 Å². The summed E-state index contributed by atoms with van der Waals surface area (Å²) in [6.07, 6.45) is 4.84. The van der Waals surface area contributed by atoms with Crippen LogP contribution in [0.15, 0.2) is 24.3 Å². The van der Waals surface area contributed by atoms with Gasteiger partial charge in [-0.2, -0.15) is 0 Å². The van der Waals surface area contributed by atoms with Crippen molar-refractivity contribution in [2.24, 2.45) is 0 Å². The summed E-state index contributed by atoms with van der Waals surface area (Å²) in [7, 11) is 1.65. The van der Waals surface area contributed by atoms with E-state index in [0.29, 0.717) is 26.3 Å². The predicted molar refractivity (Wildman–Crippen MR) is 90.4 cm³/mol. The lowest BCUT2D eigenvalue weighted by molar-refractivity contribution is 0.00184. The standard InChI is InChI=1S/C18H26N2O3/c1-3-8-19-9-11-20(12-10-19)13-17(21)15-23-14-16-6-4-5-7-18(16)22-2/h1,4-7,17,21H,8-15H2,2H3. The van der Waals surface area contributed by atoms with Crippen molar-refractivity contribution in [2.75, 3.05) is 53.0 Å². The number of benzene rings is 1. The predicted octanol–water partition coefficient (Wildman–Crippen LogP) is 0.823. The lowest BCUT2D eigenvalue weighted by Gasteiger charge is -2.34. The van der Waals surface area contributed by atoms with Gasteiger partial charge in [0.2, 0.25) is 0 Å². The fourth-order valence-electron chi connectivity index (χ4n) is 2.74. The molecule has 0 radical (unpaired) electrons. The average Bonchev–Trinajstić information content (AvgIpc) is 2.57. The summed E-state index contributed by atoms with van der Waals surface area (Å²) in [5, 5.41) is 10.1. The van der Waals surface area contributed by atoms with Gasteiger partial charge in [-0.1, -0.05) is 24.1 Å². The van der Waals surface area contributed by atoms with Crippen LogP contribution >= 0.6 is 0 Å². The van der Waals surface area contributed by atoms with E-state index in [1.165, 1.54) is 0 Å². The molecule has 1 N–H and O–H groups in total. The van der Waals surface area contributed by atoms with E-state index in [9.17, 15) is 5.11 Å². The minimum Gasteiger partial charge on any atom is -0.496 e. The number of hydrogen-bond acceptors (Lipinski definition) is 5. The average molecular weight is 318 g/mol. The minimum absolute atomic E-state index is 0.322. The third kappa shape index (κ3) is 5.85. The first kappa shape index (κ1) is 17.8. The molecule has 0 spiro atoms. The number of hydrogen-bond donors (Lipinski definition) is 1. The van der Waals surface area contributed by atoms with Crippen molar-refractivity contribution >= 4 is 0 Å². The molecule has 0 aromatic heterocycles. The Morgan fingerprint density at radius 1 is 1.22 bits per heavy atom. The van der Waals surface area contributed by atoms with Crippen LogP contribution in [0.2, 0.25) is 0 Å². The Morgan fingerprint density at radius 2 is 1.91 bits per heavy atom. The van der Waals surface area contributed by atoms with Crippen LogP contribution in [-0.4, -0.2) is 74.0 Å². The number of nitrogens with zero attached hydrogens (tertiary/aromatic N) is 2. The minimum atomic E-state index is -0.483. The Kier molecular flexibility index (Phi) is 7.37. The van der Waals surface area contributed by atoms with E-state index < -0.39 is 6.10 Å². The van der Waals surface area contributed by atoms with Gasteiger partial charge >= 0.3 is 0 Å². The van der Waals surface area contributed by atoms with Gasteiger partial charge in [0.05, 0.1) is 33.0 Å². The number of β-amino-alcohol motifs (C(OH)–C–C–N with tert-alkyl or cyclic N) is 1. The van der Waals surface area contributed by atoms with Gasteiger partial charge in [-0.15, -0.1) is 6.42 Å². The van der Waals surface area contributed by atoms with E-state index in [1.54, 1.807) is 7.11 Å². The van der Waals surface area contributed by atoms with Crippen molar-refractivity contribution in [3.8, 4) is 18.1 Å². The van der Waals surface area contributed by atoms with E-state index in [1.807, 2.05) is 24.3 Å². The first-order valence-corrected chi connectivity index (χ1v) is 7.98. The molecule has 1 atom stereocenters. The highest BCUT2D eigenvalue weighted by atomic mass is 16.5. The number of aliphatic hydroxyl groups is 1. The molecule has 0 aliphatic carbocycles. The quantitative estimate of drug-likeness (QED) is 0.719. The molecule has 1 aliphatic rings. The summed E-state index contributed by atoms with van der Waals surface area (Å²) in [6.45, 7) is 5.89. The molecule has 5 heteroatoms. The third-order valence-electron chi connectivity index (χ3n) is 4.01. The van der Waals surface area contributed by atoms with Crippen molar-refractivity contribution in [2.45, 2.75) is 12.7 Å². The monoisotopic (exact) mass is 318 g/mol. The zero-order chi connectivity index (χ0) is 16.5. The van der Waals surface area contributed by atoms with Crippen molar-refractivity contribution in [3.63, 3.8) is 0 Å². The van der Waals surface area contributed by atoms with Crippen molar-refractivity contribution < 1.29 is 14.6 Å². The smallest absolute Gasteiger partial charge is 0.124 e. The Balaban J connectivity index is 1.66. The van der Waals surface area contributed by atoms with Crippen LogP contribution in [0.1, 0.15) is 5.56 Å². The molecule has 1 fully saturated rings. The first-order chi connectivity index (χ1) is 11.2. The van der Waals surface area contributed by atoms with Crippen molar-refractivity contribution in [3.05, 3.63) is 29.8 Å². The number of para-hydroxylation sites is 1. The molecule has 1 aromatic carbocycles. The molecule has 0 amide bonds. The molecule has 2 rings (SSSR count). The highest BCUT2D eigenvalue weighted by Crippen LogP contribution is 2.18. The Labute approximate surface area is 138 Å². The molecule has 23 heavy (non-hydrogen) atoms. The lowest BCUT2D eigenvalue weighted by Crippen LogP contribution is -2.49. The maximum atomic E-state index is 10.1. The van der Waals surface area contributed by atoms with Gasteiger partial charge in [0, 0.05) is 38.3 Å². The largest absolute Gasteiger partial charge is 0.496 e. The van der Waals surface area contributed by atoms with E-state index in [0.717, 1.165) is 37.5 Å². The Hall–Kier alpha value is -1.58. The molecule has 1 saturated heterocycles. The maximum absolute atomic E-state index is 10.1. The van der Waals surface area contributed by atoms with E-state index in [4.69, 9.17) is 15.9 Å². The molecule has 1 unspecified atom stereocenters. The Morgan fingerprint density at radius 3 is 2.61 bits per heavy atom. The van der Waals surface area contributed by atoms with Crippen LogP contribution in [0.5, 0.6) is 5.75 Å². The number of aliphatic hydroxyl groups excluding tert-OH is 1. The van der Waals surface area contributed by atoms with Gasteiger partial charge in [-0.3, -0.25) is 9.80 Å². The van der Waals surface area contributed by atoms with Crippen LogP contribution in [0.4, 0.5) is 0 Å². The van der Waals surface area contributed by atoms with Crippen LogP contribution in [0.3, 0.4) is 0 Å². The van der Waals surface area contributed by atoms with E-state index in [-0.39, 0.29) is 0 Å². The second-order valence-electron chi connectivity index (χ2n) is 5.76. The number of piperazine rings is 1. The zero-order valence-corrected chi connectivity index (χ0v) is 13.8. The van der Waals surface area contributed by atoms with Gasteiger partial charge in [0.1, 0.15) is 5.75 Å². The highest BCUT2D eigenvalue weighted by molar-refractivity contribution is 5.32. The fraction of sp³-hybridized carbons (Fsp3) is 0.556. The van der Waals surface area contributed by atoms with Crippen molar-refractivity contribution in [1.82, 2.24) is 9.80 Å². The summed E-state index contributed by atoms with van der Waals surface area (Å²) in [5.41, 5.74) is 0.991. The molecule has 1 aromatic rings. The third-order valence-corrected chi connectivity index (χ3v) is 4.01. The number of methoxy groups -OCH3 is 1. The molecule has 0 bridgehead atoms. The Bertz CT molecular complexity index is 507. The van der Waals surface area contributed by atoms with E-state index >= 15 is 0 Å². The molecular formula is C18H26N2O3. The summed E-state index contributed by atoms with van der Waals surface area (Å²) < 4.78 is 10.9. The second-order valence-corrected chi connectivity index (χ2v) is 5.76. The molecule has 1 heterocycles. The van der Waals surface area contributed by atoms with Crippen LogP contribution in [0, 0.1) is 12.3 Å². The highest BCUT2D eigenvalue weighted by Gasteiger charge is 2.18. The SMILES string of the molecule is C#CCN1CCN(CC(O)COCc2ccccc2OC)CC1. The summed E-state index contributed by atoms with van der Waals surface area (Å²) in [5.74, 6) is 3.49. The summed E-state index contributed by atoms with van der Waals surface area (Å²) >= 11 is 0. The first-order valence-electron chi connectivity index (χ1n) is 7.98. The van der Waals surface area contributed by atoms with Gasteiger partial charge < -0.3 is 14.6 Å². The topological polar surface area (TPSA) is 45.2 Å². The molecular weight excluding hydrogens is 292 g/mol. The summed E-state index contributed by atoms with van der Waals surface area (Å²) in [4.78, 5) is 4.51. The molecule has 1 aliphatic heterocycles. The lowest BCUT2D eigenvalue weighted by atomic mass is 10.2. The van der Waals surface area contributed by atoms with Crippen molar-refractivity contribution in [1.29, 1.82) is 0 Å². The number of terminal acetylenes is 1. The normalized spacial score (nSPS) is 17.6. The van der Waals surface area contributed by atoms with Crippen LogP contribution in [-0.2, 0) is 11.3 Å². The fourth-order valence-corrected chi connectivity index (χ4v) is 2.74. The molecule has 5 nitrogen and oxygen atoms in total. The maximum Gasteiger partial charge on any atom is 0.124 e. The second kappa shape index (κ2) is 9.53. The summed E-state index contributed by atoms with van der Waals surface area (Å²) in [6, 6.07) is 7.76. The van der Waals surface area contributed by atoms with Gasteiger partial charge in [0.15, 0.2) is 0 Å². The van der Waals surface area contributed by atoms with Gasteiger partial charge in [-0.25, -0.2) is 0 Å². The number of rotatable bonds is 8. The molecule has 0 saturated carbocycles. The molecule has 126 valence electrons.